The van der Waals surface area contributed by atoms with E-state index in [1.54, 1.807) is 0 Å². The third kappa shape index (κ3) is 4.06. The summed E-state index contributed by atoms with van der Waals surface area (Å²) >= 11 is 6.31. The number of urea groups is 1. The van der Waals surface area contributed by atoms with E-state index in [1.807, 2.05) is 42.5 Å². The second kappa shape index (κ2) is 8.76. The topological polar surface area (TPSA) is 69.7 Å². The lowest BCUT2D eigenvalue weighted by atomic mass is 10.0. The van der Waals surface area contributed by atoms with E-state index in [0.717, 1.165) is 51.8 Å². The number of halogens is 2. The van der Waals surface area contributed by atoms with Crippen LogP contribution in [0.4, 0.5) is 20.6 Å². The van der Waals surface area contributed by atoms with Gasteiger partial charge in [-0.3, -0.25) is 14.9 Å². The highest BCUT2D eigenvalue weighted by molar-refractivity contribution is 6.39. The van der Waals surface area contributed by atoms with Gasteiger partial charge in [0.05, 0.1) is 5.69 Å². The molecule has 0 radical (unpaired) electrons. The summed E-state index contributed by atoms with van der Waals surface area (Å²) < 4.78 is 13.3. The lowest BCUT2D eigenvalue weighted by Crippen LogP contribution is -2.54. The summed E-state index contributed by atoms with van der Waals surface area (Å²) in [6.07, 6.45) is 2.29. The van der Waals surface area contributed by atoms with E-state index in [9.17, 15) is 18.8 Å². The minimum absolute atomic E-state index is 0.171. The minimum Gasteiger partial charge on any atom is -0.367 e. The van der Waals surface area contributed by atoms with Crippen LogP contribution in [-0.4, -0.2) is 24.4 Å². The smallest absolute Gasteiger partial charge is 0.335 e. The molecule has 5 rings (SSSR count). The Kier molecular flexibility index (Phi) is 5.63. The van der Waals surface area contributed by atoms with E-state index in [2.05, 4.69) is 10.2 Å². The molecule has 8 heteroatoms. The number of nitrogens with zero attached hydrogens (tertiary/aromatic N) is 2. The molecule has 1 fully saturated rings. The first-order chi connectivity index (χ1) is 16.4. The lowest BCUT2D eigenvalue weighted by Gasteiger charge is -2.26. The van der Waals surface area contributed by atoms with E-state index in [0.29, 0.717) is 12.1 Å². The van der Waals surface area contributed by atoms with Crippen LogP contribution in [0.2, 0.25) is 5.02 Å². The van der Waals surface area contributed by atoms with Gasteiger partial charge in [-0.2, -0.15) is 0 Å². The standard InChI is InChI=1S/C26H19ClFN3O3/c27-22-4-2-1-3-18(22)15-30-12-11-17-13-16(5-10-23(17)30)14-21-24(32)29-26(34)31(25(21)33)20-8-6-19(28)7-9-20/h1-10,13-14H,11-12,15H2,(H,29,32,34)/b21-14-. The predicted molar refractivity (Wildman–Crippen MR) is 128 cm³/mol. The van der Waals surface area contributed by atoms with Gasteiger partial charge in [-0.05, 0) is 71.7 Å². The molecule has 34 heavy (non-hydrogen) atoms. The van der Waals surface area contributed by atoms with E-state index >= 15 is 0 Å². The molecule has 2 aliphatic heterocycles. The molecule has 170 valence electrons. The van der Waals surface area contributed by atoms with Crippen molar-refractivity contribution in [1.29, 1.82) is 0 Å². The number of benzene rings is 3. The number of carbonyl (C=O) groups excluding carboxylic acids is 3. The van der Waals surface area contributed by atoms with Crippen molar-refractivity contribution < 1.29 is 18.8 Å². The molecular weight excluding hydrogens is 457 g/mol. The number of amides is 4. The molecule has 0 unspecified atom stereocenters. The highest BCUT2D eigenvalue weighted by Gasteiger charge is 2.36. The summed E-state index contributed by atoms with van der Waals surface area (Å²) in [5.41, 5.74) is 3.88. The average Bonchev–Trinajstić information content (AvgIpc) is 3.21. The summed E-state index contributed by atoms with van der Waals surface area (Å²) in [5, 5.41) is 2.90. The number of carbonyl (C=O) groups is 3. The number of anilines is 2. The normalized spacial score (nSPS) is 16.8. The van der Waals surface area contributed by atoms with E-state index in [4.69, 9.17) is 11.6 Å². The predicted octanol–water partition coefficient (Wildman–Crippen LogP) is 4.71. The monoisotopic (exact) mass is 475 g/mol. The first-order valence-corrected chi connectivity index (χ1v) is 11.1. The number of rotatable bonds is 4. The number of nitrogens with one attached hydrogen (secondary N) is 1. The number of imide groups is 2. The molecule has 2 heterocycles. The van der Waals surface area contributed by atoms with Crippen molar-refractivity contribution in [3.63, 3.8) is 0 Å². The summed E-state index contributed by atoms with van der Waals surface area (Å²) in [6.45, 7) is 1.51. The molecule has 0 aromatic heterocycles. The van der Waals surface area contributed by atoms with Crippen molar-refractivity contribution >= 4 is 46.9 Å². The Hall–Kier alpha value is -3.97. The van der Waals surface area contributed by atoms with Crippen LogP contribution in [0, 0.1) is 5.82 Å². The van der Waals surface area contributed by atoms with Crippen molar-refractivity contribution in [2.45, 2.75) is 13.0 Å². The number of fused-ring (bicyclic) bond motifs is 1. The van der Waals surface area contributed by atoms with Crippen LogP contribution in [0.5, 0.6) is 0 Å². The highest BCUT2D eigenvalue weighted by atomic mass is 35.5. The Morgan fingerprint density at radius 3 is 2.53 bits per heavy atom. The third-order valence-corrected chi connectivity index (χ3v) is 6.28. The maximum atomic E-state index is 13.3. The van der Waals surface area contributed by atoms with Crippen LogP contribution in [-0.2, 0) is 22.6 Å². The van der Waals surface area contributed by atoms with Crippen molar-refractivity contribution in [1.82, 2.24) is 5.32 Å². The summed E-state index contributed by atoms with van der Waals surface area (Å²) in [5.74, 6) is -2.03. The van der Waals surface area contributed by atoms with Gasteiger partial charge in [0, 0.05) is 23.8 Å². The first kappa shape index (κ1) is 21.9. The Balaban J connectivity index is 1.41. The van der Waals surface area contributed by atoms with Crippen LogP contribution in [0.3, 0.4) is 0 Å². The largest absolute Gasteiger partial charge is 0.367 e. The molecule has 2 aliphatic rings. The molecule has 6 nitrogen and oxygen atoms in total. The third-order valence-electron chi connectivity index (χ3n) is 5.91. The van der Waals surface area contributed by atoms with Crippen LogP contribution < -0.4 is 15.1 Å². The van der Waals surface area contributed by atoms with E-state index in [-0.39, 0.29) is 11.3 Å². The number of hydrogen-bond acceptors (Lipinski definition) is 4. The second-order valence-corrected chi connectivity index (χ2v) is 8.49. The molecule has 0 spiro atoms. The van der Waals surface area contributed by atoms with Crippen LogP contribution >= 0.6 is 11.6 Å². The quantitative estimate of drug-likeness (QED) is 0.438. The fraction of sp³-hybridized carbons (Fsp3) is 0.115. The maximum Gasteiger partial charge on any atom is 0.335 e. The Labute approximate surface area is 200 Å². The van der Waals surface area contributed by atoms with Crippen LogP contribution in [0.15, 0.2) is 72.3 Å². The Morgan fingerprint density at radius 2 is 1.76 bits per heavy atom. The van der Waals surface area contributed by atoms with Crippen molar-refractivity contribution in [2.75, 3.05) is 16.3 Å². The number of barbiturate groups is 1. The van der Waals surface area contributed by atoms with Gasteiger partial charge in [0.2, 0.25) is 0 Å². The average molecular weight is 476 g/mol. The van der Waals surface area contributed by atoms with E-state index < -0.39 is 23.7 Å². The van der Waals surface area contributed by atoms with Crippen LogP contribution in [0.25, 0.3) is 6.08 Å². The molecular formula is C26H19ClFN3O3. The first-order valence-electron chi connectivity index (χ1n) is 10.7. The van der Waals surface area contributed by atoms with Gasteiger partial charge in [-0.25, -0.2) is 14.1 Å². The molecule has 0 saturated carbocycles. The summed E-state index contributed by atoms with van der Waals surface area (Å²) in [6, 6.07) is 17.5. The lowest BCUT2D eigenvalue weighted by molar-refractivity contribution is -0.122. The zero-order chi connectivity index (χ0) is 23.8. The molecule has 1 saturated heterocycles. The molecule has 3 aromatic carbocycles. The van der Waals surface area contributed by atoms with Crippen molar-refractivity contribution in [3.05, 3.63) is 99.8 Å². The maximum absolute atomic E-state index is 13.3. The van der Waals surface area contributed by atoms with Gasteiger partial charge in [-0.15, -0.1) is 0 Å². The Bertz CT molecular complexity index is 1350. The molecule has 0 bridgehead atoms. The summed E-state index contributed by atoms with van der Waals surface area (Å²) in [7, 11) is 0. The fourth-order valence-electron chi connectivity index (χ4n) is 4.23. The van der Waals surface area contributed by atoms with Gasteiger partial charge < -0.3 is 4.90 Å². The van der Waals surface area contributed by atoms with Gasteiger partial charge in [0.25, 0.3) is 11.8 Å². The van der Waals surface area contributed by atoms with E-state index in [1.165, 1.54) is 18.2 Å². The summed E-state index contributed by atoms with van der Waals surface area (Å²) in [4.78, 5) is 40.8. The molecule has 3 aromatic rings. The highest BCUT2D eigenvalue weighted by Crippen LogP contribution is 2.32. The van der Waals surface area contributed by atoms with Gasteiger partial charge >= 0.3 is 6.03 Å². The van der Waals surface area contributed by atoms with Crippen molar-refractivity contribution in [3.8, 4) is 0 Å². The Morgan fingerprint density at radius 1 is 1.00 bits per heavy atom. The molecule has 4 amide bonds. The van der Waals surface area contributed by atoms with Gasteiger partial charge in [0.15, 0.2) is 0 Å². The van der Waals surface area contributed by atoms with Crippen LogP contribution in [0.1, 0.15) is 16.7 Å². The fourth-order valence-corrected chi connectivity index (χ4v) is 4.42. The SMILES string of the molecule is O=C1NC(=O)N(c2ccc(F)cc2)C(=O)/C1=C\c1ccc2c(c1)CCN2Cc1ccccc1Cl. The van der Waals surface area contributed by atoms with Crippen molar-refractivity contribution in [2.24, 2.45) is 0 Å². The number of hydrogen-bond donors (Lipinski definition) is 1. The van der Waals surface area contributed by atoms with Gasteiger partial charge in [0.1, 0.15) is 11.4 Å². The molecule has 0 aliphatic carbocycles. The zero-order valence-electron chi connectivity index (χ0n) is 17.9. The molecule has 0 atom stereocenters. The zero-order valence-corrected chi connectivity index (χ0v) is 18.7. The minimum atomic E-state index is -0.872. The second-order valence-electron chi connectivity index (χ2n) is 8.09. The van der Waals surface area contributed by atoms with Gasteiger partial charge in [-0.1, -0.05) is 35.9 Å². The molecule has 1 N–H and O–H groups in total.